The Kier molecular flexibility index (Phi) is 7.55. The molecule has 0 saturated carbocycles. The first-order valence-electron chi connectivity index (χ1n) is 7.49. The molecule has 0 amide bonds. The second-order valence-electron chi connectivity index (χ2n) is 5.25. The fraction of sp³-hybridized carbons (Fsp3) is 0.647. The van der Waals surface area contributed by atoms with E-state index in [-0.39, 0.29) is 0 Å². The molecule has 1 fully saturated rings. The quantitative estimate of drug-likeness (QED) is 0.625. The molecule has 0 bridgehead atoms. The van der Waals surface area contributed by atoms with Crippen LogP contribution in [-0.2, 0) is 0 Å². The van der Waals surface area contributed by atoms with Gasteiger partial charge in [-0.3, -0.25) is 0 Å². The fourth-order valence-corrected chi connectivity index (χ4v) is 2.68. The van der Waals surface area contributed by atoms with Crippen LogP contribution in [-0.4, -0.2) is 18.5 Å². The summed E-state index contributed by atoms with van der Waals surface area (Å²) >= 11 is 0. The van der Waals surface area contributed by atoms with Crippen LogP contribution in [0.25, 0.3) is 0 Å². The van der Waals surface area contributed by atoms with Crippen molar-refractivity contribution in [2.45, 2.75) is 58.3 Å². The highest BCUT2D eigenvalue weighted by Crippen LogP contribution is 2.23. The largest absolute Gasteiger partial charge is 0.374 e. The van der Waals surface area contributed by atoms with Crippen LogP contribution in [0, 0.1) is 0 Å². The Hall–Kier alpha value is -0.980. The van der Waals surface area contributed by atoms with Gasteiger partial charge in [-0.1, -0.05) is 50.8 Å². The molecule has 1 aliphatic rings. The zero-order valence-electron chi connectivity index (χ0n) is 12.3. The van der Waals surface area contributed by atoms with Crippen LogP contribution in [0.1, 0.15) is 58.3 Å². The van der Waals surface area contributed by atoms with Crippen molar-refractivity contribution in [3.63, 3.8) is 0 Å². The summed E-state index contributed by atoms with van der Waals surface area (Å²) in [5.41, 5.74) is 2.85. The maximum atomic E-state index is 3.86. The van der Waals surface area contributed by atoms with Crippen LogP contribution in [0.2, 0.25) is 0 Å². The van der Waals surface area contributed by atoms with Gasteiger partial charge in [-0.2, -0.15) is 0 Å². The van der Waals surface area contributed by atoms with E-state index in [0.29, 0.717) is 0 Å². The van der Waals surface area contributed by atoms with Gasteiger partial charge in [-0.05, 0) is 37.8 Å². The molecule has 0 aromatic rings. The molecule has 0 aromatic carbocycles. The summed E-state index contributed by atoms with van der Waals surface area (Å²) in [5, 5.41) is 0. The highest BCUT2D eigenvalue weighted by atomic mass is 15.1. The van der Waals surface area contributed by atoms with Gasteiger partial charge in [0.25, 0.3) is 0 Å². The molecule has 1 heteroatoms. The third kappa shape index (κ3) is 5.12. The van der Waals surface area contributed by atoms with Gasteiger partial charge >= 0.3 is 0 Å². The summed E-state index contributed by atoms with van der Waals surface area (Å²) in [7, 11) is 2.21. The van der Waals surface area contributed by atoms with Crippen molar-refractivity contribution in [3.05, 3.63) is 36.1 Å². The van der Waals surface area contributed by atoms with E-state index in [1.165, 1.54) is 62.6 Å². The smallest absolute Gasteiger partial charge is 0.0392 e. The summed E-state index contributed by atoms with van der Waals surface area (Å²) < 4.78 is 0. The lowest BCUT2D eigenvalue weighted by Crippen LogP contribution is -2.20. The zero-order chi connectivity index (χ0) is 13.2. The van der Waals surface area contributed by atoms with Crippen LogP contribution in [0.4, 0.5) is 0 Å². The summed E-state index contributed by atoms with van der Waals surface area (Å²) in [4.78, 5) is 2.40. The first-order valence-corrected chi connectivity index (χ1v) is 7.49. The topological polar surface area (TPSA) is 3.24 Å². The van der Waals surface area contributed by atoms with E-state index in [1.54, 1.807) is 0 Å². The molecule has 0 N–H and O–H groups in total. The molecule has 1 saturated heterocycles. The van der Waals surface area contributed by atoms with Crippen LogP contribution in [0.5, 0.6) is 0 Å². The molecule has 0 atom stereocenters. The molecule has 1 rings (SSSR count). The minimum atomic E-state index is 1.16. The molecule has 18 heavy (non-hydrogen) atoms. The third-order valence-corrected chi connectivity index (χ3v) is 3.80. The van der Waals surface area contributed by atoms with Crippen LogP contribution in [0.3, 0.4) is 0 Å². The first-order chi connectivity index (χ1) is 8.79. The van der Waals surface area contributed by atoms with Gasteiger partial charge in [-0.15, -0.1) is 0 Å². The number of hydrogen-bond donors (Lipinski definition) is 0. The van der Waals surface area contributed by atoms with Crippen molar-refractivity contribution in [1.29, 1.82) is 0 Å². The summed E-state index contributed by atoms with van der Waals surface area (Å²) in [6, 6.07) is 0. The molecule has 0 spiro atoms. The van der Waals surface area contributed by atoms with Crippen LogP contribution in [0.15, 0.2) is 36.1 Å². The standard InChI is InChI=1S/C17H29N/c1-4-13-17-16(5-2)14-11-9-7-6-8-10-12-15-18(17)3/h4-5,13H,1,6-12,14-15H2,2-3H3/b16-5-,17-13+. The van der Waals surface area contributed by atoms with Crippen molar-refractivity contribution >= 4 is 0 Å². The van der Waals surface area contributed by atoms with E-state index >= 15 is 0 Å². The van der Waals surface area contributed by atoms with E-state index in [2.05, 4.69) is 37.6 Å². The molecule has 0 radical (unpaired) electrons. The van der Waals surface area contributed by atoms with Crippen molar-refractivity contribution in [2.75, 3.05) is 13.6 Å². The molecular formula is C17H29N. The number of likely N-dealkylation sites (N-methyl/N-ethyl adjacent to an activating group) is 1. The highest BCUT2D eigenvalue weighted by molar-refractivity contribution is 5.31. The summed E-state index contributed by atoms with van der Waals surface area (Å²) in [6.45, 7) is 7.18. The number of nitrogens with zero attached hydrogens (tertiary/aromatic N) is 1. The van der Waals surface area contributed by atoms with Crippen LogP contribution >= 0.6 is 0 Å². The Morgan fingerprint density at radius 2 is 1.61 bits per heavy atom. The van der Waals surface area contributed by atoms with Gasteiger partial charge in [0.05, 0.1) is 0 Å². The lowest BCUT2D eigenvalue weighted by molar-refractivity contribution is 0.396. The molecule has 0 unspecified atom stereocenters. The monoisotopic (exact) mass is 247 g/mol. The fourth-order valence-electron chi connectivity index (χ4n) is 2.68. The molecule has 1 aliphatic heterocycles. The van der Waals surface area contributed by atoms with Gasteiger partial charge in [0.2, 0.25) is 0 Å². The Morgan fingerprint density at radius 1 is 1.00 bits per heavy atom. The van der Waals surface area contributed by atoms with Crippen molar-refractivity contribution in [1.82, 2.24) is 4.90 Å². The minimum Gasteiger partial charge on any atom is -0.374 e. The van der Waals surface area contributed by atoms with E-state index in [0.717, 1.165) is 6.54 Å². The van der Waals surface area contributed by atoms with Gasteiger partial charge in [0.15, 0.2) is 0 Å². The Bertz CT molecular complexity index is 299. The summed E-state index contributed by atoms with van der Waals surface area (Å²) in [6.07, 6.45) is 17.2. The minimum absolute atomic E-state index is 1.16. The Labute approximate surface area is 113 Å². The third-order valence-electron chi connectivity index (χ3n) is 3.80. The molecule has 1 heterocycles. The number of hydrogen-bond acceptors (Lipinski definition) is 1. The Balaban J connectivity index is 2.76. The lowest BCUT2D eigenvalue weighted by Gasteiger charge is -2.25. The molecule has 0 aromatic heterocycles. The van der Waals surface area contributed by atoms with Crippen molar-refractivity contribution in [2.24, 2.45) is 0 Å². The normalized spacial score (nSPS) is 24.7. The van der Waals surface area contributed by atoms with Crippen molar-refractivity contribution < 1.29 is 0 Å². The van der Waals surface area contributed by atoms with Gasteiger partial charge in [-0.25, -0.2) is 0 Å². The average Bonchev–Trinajstić information content (AvgIpc) is 2.37. The SMILES string of the molecule is C=C/C=C1\C(=C/C)CCCCCCCCCN1C. The lowest BCUT2D eigenvalue weighted by atomic mass is 10.00. The zero-order valence-corrected chi connectivity index (χ0v) is 12.3. The van der Waals surface area contributed by atoms with Gasteiger partial charge in [0.1, 0.15) is 0 Å². The van der Waals surface area contributed by atoms with Crippen molar-refractivity contribution in [3.8, 4) is 0 Å². The van der Waals surface area contributed by atoms with Gasteiger partial charge < -0.3 is 4.90 Å². The molecule has 0 aliphatic carbocycles. The number of rotatable bonds is 1. The van der Waals surface area contributed by atoms with E-state index in [1.807, 2.05) is 6.08 Å². The first kappa shape index (κ1) is 15.1. The van der Waals surface area contributed by atoms with E-state index < -0.39 is 0 Å². The maximum Gasteiger partial charge on any atom is 0.0392 e. The Morgan fingerprint density at radius 3 is 2.22 bits per heavy atom. The summed E-state index contributed by atoms with van der Waals surface area (Å²) in [5.74, 6) is 0. The maximum absolute atomic E-state index is 3.86. The van der Waals surface area contributed by atoms with Crippen LogP contribution < -0.4 is 0 Å². The second-order valence-corrected chi connectivity index (χ2v) is 5.25. The second kappa shape index (κ2) is 9.02. The van der Waals surface area contributed by atoms with E-state index in [4.69, 9.17) is 0 Å². The molecule has 102 valence electrons. The highest BCUT2D eigenvalue weighted by Gasteiger charge is 2.09. The van der Waals surface area contributed by atoms with Gasteiger partial charge in [0, 0.05) is 19.3 Å². The molecule has 1 nitrogen and oxygen atoms in total. The van der Waals surface area contributed by atoms with E-state index in [9.17, 15) is 0 Å². The number of allylic oxidation sites excluding steroid dienone is 4. The average molecular weight is 247 g/mol. The molecular weight excluding hydrogens is 218 g/mol. The predicted octanol–water partition coefficient (Wildman–Crippen LogP) is 5.07. The predicted molar refractivity (Wildman–Crippen MR) is 81.6 cm³/mol.